The molecule has 7 nitrogen and oxygen atoms in total. The Labute approximate surface area is 159 Å². The number of hydrogen-bond donors (Lipinski definition) is 0. The number of hydrogen-bond acceptors (Lipinski definition) is 4. The Morgan fingerprint density at radius 1 is 1.15 bits per heavy atom. The lowest BCUT2D eigenvalue weighted by molar-refractivity contribution is -0.145. The molecule has 4 rings (SSSR count). The number of benzene rings is 1. The van der Waals surface area contributed by atoms with Crippen LogP contribution in [0.4, 0.5) is 0 Å². The van der Waals surface area contributed by atoms with E-state index in [0.29, 0.717) is 19.7 Å². The second kappa shape index (κ2) is 8.52. The Hall–Kier alpha value is -2.41. The predicted octanol–water partition coefficient (Wildman–Crippen LogP) is 0.741. The normalized spacial score (nSPS) is 21.9. The summed E-state index contributed by atoms with van der Waals surface area (Å²) in [5.74, 6) is -0.435. The third-order valence-electron chi connectivity index (χ3n) is 5.29. The molecule has 1 aromatic rings. The highest BCUT2D eigenvalue weighted by Crippen LogP contribution is 2.29. The smallest absolute Gasteiger partial charge is 0.248 e. The fourth-order valence-corrected chi connectivity index (χ4v) is 3.66. The summed E-state index contributed by atoms with van der Waals surface area (Å²) in [7, 11) is 3.37. The molecule has 3 fully saturated rings. The van der Waals surface area contributed by atoms with Crippen LogP contribution >= 0.6 is 0 Å². The minimum absolute atomic E-state index is 0.000840. The molecule has 3 saturated heterocycles. The number of fused-ring (bicyclic) bond motifs is 4. The second-order valence-electron chi connectivity index (χ2n) is 7.46. The van der Waals surface area contributed by atoms with Crippen molar-refractivity contribution < 1.29 is 19.1 Å². The minimum atomic E-state index is -0.225. The van der Waals surface area contributed by atoms with Crippen molar-refractivity contribution >= 4 is 17.7 Å². The molecule has 0 aliphatic carbocycles. The van der Waals surface area contributed by atoms with Gasteiger partial charge in [0.25, 0.3) is 0 Å². The average Bonchev–Trinajstić information content (AvgIpc) is 2.95. The zero-order valence-electron chi connectivity index (χ0n) is 16.0. The maximum atomic E-state index is 12.7. The Morgan fingerprint density at radius 3 is 2.59 bits per heavy atom. The van der Waals surface area contributed by atoms with E-state index in [2.05, 4.69) is 0 Å². The quantitative estimate of drug-likeness (QED) is 0.738. The Balaban J connectivity index is 1.57. The van der Waals surface area contributed by atoms with Gasteiger partial charge in [0.1, 0.15) is 13.2 Å². The van der Waals surface area contributed by atoms with Gasteiger partial charge in [0.05, 0.1) is 12.5 Å². The molecule has 3 amide bonds. The summed E-state index contributed by atoms with van der Waals surface area (Å²) in [5, 5.41) is 0. The van der Waals surface area contributed by atoms with Crippen LogP contribution in [0, 0.1) is 5.92 Å². The molecule has 3 heterocycles. The first kappa shape index (κ1) is 19.4. The first-order chi connectivity index (χ1) is 13.0. The zero-order valence-corrected chi connectivity index (χ0v) is 16.0. The second-order valence-corrected chi connectivity index (χ2v) is 7.46. The van der Waals surface area contributed by atoms with Crippen LogP contribution < -0.4 is 0 Å². The molecule has 0 aromatic heterocycles. The van der Waals surface area contributed by atoms with Crippen LogP contribution in [0.5, 0.6) is 0 Å². The van der Waals surface area contributed by atoms with Crippen LogP contribution in [-0.2, 0) is 25.7 Å². The Bertz CT molecular complexity index is 692. The van der Waals surface area contributed by atoms with E-state index in [1.807, 2.05) is 30.3 Å². The molecule has 0 spiro atoms. The molecule has 2 atom stereocenters. The maximum Gasteiger partial charge on any atom is 0.248 e. The van der Waals surface area contributed by atoms with Crippen LogP contribution in [0.25, 0.3) is 0 Å². The van der Waals surface area contributed by atoms with E-state index in [4.69, 9.17) is 4.74 Å². The molecule has 146 valence electrons. The summed E-state index contributed by atoms with van der Waals surface area (Å²) in [6.45, 7) is 1.35. The standard InChI is InChI=1S/C20H27N3O4/c1-21(2)18(24)12-23-17-9-8-16(20(23)26)10-22(11-17)19(25)14-27-13-15-6-4-3-5-7-15/h3-7,16-17H,8-14H2,1-2H3/t16-,17+/m1/s1. The molecular weight excluding hydrogens is 346 g/mol. The van der Waals surface area contributed by atoms with Gasteiger partial charge in [-0.05, 0) is 18.4 Å². The molecule has 1 aromatic carbocycles. The number of carbonyl (C=O) groups excluding carboxylic acids is 3. The molecule has 0 N–H and O–H groups in total. The number of piperidine rings is 1. The number of rotatable bonds is 6. The lowest BCUT2D eigenvalue weighted by Gasteiger charge is -2.35. The van der Waals surface area contributed by atoms with Crippen LogP contribution in [0.15, 0.2) is 30.3 Å². The summed E-state index contributed by atoms with van der Waals surface area (Å²) in [6, 6.07) is 9.61. The largest absolute Gasteiger partial charge is 0.367 e. The first-order valence-corrected chi connectivity index (χ1v) is 9.35. The fraction of sp³-hybridized carbons (Fsp3) is 0.550. The fourth-order valence-electron chi connectivity index (χ4n) is 3.66. The van der Waals surface area contributed by atoms with Gasteiger partial charge in [-0.3, -0.25) is 14.4 Å². The average molecular weight is 373 g/mol. The molecule has 0 saturated carbocycles. The molecular formula is C20H27N3O4. The van der Waals surface area contributed by atoms with E-state index in [9.17, 15) is 14.4 Å². The van der Waals surface area contributed by atoms with Crippen LogP contribution in [-0.4, -0.2) is 78.8 Å². The predicted molar refractivity (Wildman–Crippen MR) is 99.6 cm³/mol. The van der Waals surface area contributed by atoms with Gasteiger partial charge in [0.15, 0.2) is 0 Å². The van der Waals surface area contributed by atoms with Crippen LogP contribution in [0.1, 0.15) is 18.4 Å². The van der Waals surface area contributed by atoms with Crippen LogP contribution in [0.2, 0.25) is 0 Å². The molecule has 0 radical (unpaired) electrons. The van der Waals surface area contributed by atoms with Gasteiger partial charge in [-0.25, -0.2) is 0 Å². The zero-order chi connectivity index (χ0) is 19.4. The van der Waals surface area contributed by atoms with E-state index >= 15 is 0 Å². The van der Waals surface area contributed by atoms with Crippen molar-refractivity contribution in [1.29, 1.82) is 0 Å². The van der Waals surface area contributed by atoms with Gasteiger partial charge in [-0.2, -0.15) is 0 Å². The number of carbonyl (C=O) groups is 3. The number of nitrogens with zero attached hydrogens (tertiary/aromatic N) is 3. The summed E-state index contributed by atoms with van der Waals surface area (Å²) in [6.07, 6.45) is 1.59. The number of likely N-dealkylation sites (N-methyl/N-ethyl adjacent to an activating group) is 1. The highest BCUT2D eigenvalue weighted by Gasteiger charge is 2.42. The Kier molecular flexibility index (Phi) is 6.11. The summed E-state index contributed by atoms with van der Waals surface area (Å²) in [5.41, 5.74) is 1.02. The topological polar surface area (TPSA) is 70.2 Å². The van der Waals surface area contributed by atoms with E-state index < -0.39 is 0 Å². The lowest BCUT2D eigenvalue weighted by atomic mass is 9.94. The molecule has 3 aliphatic heterocycles. The summed E-state index contributed by atoms with van der Waals surface area (Å²) in [4.78, 5) is 42.3. The van der Waals surface area contributed by atoms with Crippen molar-refractivity contribution in [2.24, 2.45) is 5.92 Å². The van der Waals surface area contributed by atoms with Gasteiger partial charge in [-0.15, -0.1) is 0 Å². The minimum Gasteiger partial charge on any atom is -0.367 e. The van der Waals surface area contributed by atoms with Crippen molar-refractivity contribution in [2.45, 2.75) is 25.5 Å². The van der Waals surface area contributed by atoms with Crippen molar-refractivity contribution in [3.63, 3.8) is 0 Å². The van der Waals surface area contributed by atoms with Crippen molar-refractivity contribution in [3.8, 4) is 0 Å². The highest BCUT2D eigenvalue weighted by molar-refractivity contribution is 5.88. The van der Waals surface area contributed by atoms with Gasteiger partial charge < -0.3 is 19.4 Å². The first-order valence-electron chi connectivity index (χ1n) is 9.35. The lowest BCUT2D eigenvalue weighted by Crippen LogP contribution is -2.51. The van der Waals surface area contributed by atoms with E-state index in [0.717, 1.165) is 18.4 Å². The van der Waals surface area contributed by atoms with Gasteiger partial charge in [-0.1, -0.05) is 30.3 Å². The maximum absolute atomic E-state index is 12.7. The van der Waals surface area contributed by atoms with Gasteiger partial charge in [0.2, 0.25) is 17.7 Å². The Morgan fingerprint density at radius 2 is 1.89 bits per heavy atom. The van der Waals surface area contributed by atoms with Gasteiger partial charge in [0, 0.05) is 33.2 Å². The van der Waals surface area contributed by atoms with Crippen molar-refractivity contribution in [1.82, 2.24) is 14.7 Å². The van der Waals surface area contributed by atoms with Crippen molar-refractivity contribution in [2.75, 3.05) is 40.3 Å². The summed E-state index contributed by atoms with van der Waals surface area (Å²) < 4.78 is 5.57. The van der Waals surface area contributed by atoms with Crippen molar-refractivity contribution in [3.05, 3.63) is 35.9 Å². The molecule has 27 heavy (non-hydrogen) atoms. The third-order valence-corrected chi connectivity index (χ3v) is 5.29. The number of amides is 3. The molecule has 3 aliphatic rings. The van der Waals surface area contributed by atoms with E-state index in [-0.39, 0.29) is 42.8 Å². The molecule has 7 heteroatoms. The molecule has 2 bridgehead atoms. The van der Waals surface area contributed by atoms with E-state index in [1.165, 1.54) is 4.90 Å². The molecule has 0 unspecified atom stereocenters. The van der Waals surface area contributed by atoms with Crippen LogP contribution in [0.3, 0.4) is 0 Å². The third kappa shape index (κ3) is 4.66. The SMILES string of the molecule is CN(C)C(=O)CN1C(=O)[C@@H]2CC[C@H]1CN(C(=O)COCc1ccccc1)C2. The van der Waals surface area contributed by atoms with E-state index in [1.54, 1.807) is 23.9 Å². The highest BCUT2D eigenvalue weighted by atomic mass is 16.5. The van der Waals surface area contributed by atoms with Gasteiger partial charge >= 0.3 is 0 Å². The summed E-state index contributed by atoms with van der Waals surface area (Å²) >= 11 is 0. The number of ether oxygens (including phenoxy) is 1. The monoisotopic (exact) mass is 373 g/mol.